The van der Waals surface area contributed by atoms with Gasteiger partial charge in [0.25, 0.3) is 0 Å². The van der Waals surface area contributed by atoms with Gasteiger partial charge in [-0.15, -0.1) is 0 Å². The van der Waals surface area contributed by atoms with Crippen LogP contribution in [-0.4, -0.2) is 159 Å². The smallest absolute Gasteiger partial charge is 0.328 e. The van der Waals surface area contributed by atoms with Crippen molar-refractivity contribution in [3.05, 3.63) is 0 Å². The Labute approximate surface area is 333 Å². The van der Waals surface area contributed by atoms with Crippen molar-refractivity contribution in [1.82, 2.24) is 42.1 Å². The SMILES string of the molecule is CCN[C@@H](CCC(=O)O)C(=O)N[C@@H](CNC(=O)[C@H](CCC(=O)O)NC(=O)[C@H](CNC(=O)[C@H](CN)N1C(=O)CCC1=O)NC(=O)[C@H](CCC(=O)O)NC(C)(C)C)C(=O)O. The Morgan fingerprint density at radius 2 is 1.03 bits per heavy atom. The second kappa shape index (κ2) is 24.1. The molecule has 0 radical (unpaired) electrons. The topological polar surface area (TPSA) is 382 Å². The summed E-state index contributed by atoms with van der Waals surface area (Å²) in [5.74, 6) is -11.9. The van der Waals surface area contributed by atoms with Crippen molar-refractivity contribution in [2.75, 3.05) is 26.2 Å². The van der Waals surface area contributed by atoms with E-state index in [2.05, 4.69) is 37.2 Å². The van der Waals surface area contributed by atoms with E-state index in [1.165, 1.54) is 0 Å². The lowest BCUT2D eigenvalue weighted by atomic mass is 10.0. The first-order valence-corrected chi connectivity index (χ1v) is 18.4. The fourth-order valence-electron chi connectivity index (χ4n) is 5.58. The first-order chi connectivity index (χ1) is 27.0. The molecule has 1 rings (SSSR count). The van der Waals surface area contributed by atoms with Gasteiger partial charge in [-0.25, -0.2) is 4.79 Å². The van der Waals surface area contributed by atoms with Crippen LogP contribution in [0, 0.1) is 0 Å². The zero-order valence-corrected chi connectivity index (χ0v) is 32.8. The first-order valence-electron chi connectivity index (χ1n) is 18.4. The van der Waals surface area contributed by atoms with Gasteiger partial charge in [0.1, 0.15) is 24.2 Å². The number of carbonyl (C=O) groups excluding carboxylic acids is 7. The minimum Gasteiger partial charge on any atom is -0.481 e. The summed E-state index contributed by atoms with van der Waals surface area (Å²) >= 11 is 0. The predicted octanol–water partition coefficient (Wildman–Crippen LogP) is -4.44. The molecule has 1 heterocycles. The maximum absolute atomic E-state index is 13.8. The number of likely N-dealkylation sites (tertiary alicyclic amines) is 1. The average Bonchev–Trinajstić information content (AvgIpc) is 3.45. The molecule has 1 saturated heterocycles. The number of aliphatic carboxylic acids is 4. The second-order valence-corrected chi connectivity index (χ2v) is 14.3. The monoisotopic (exact) mass is 829 g/mol. The zero-order valence-electron chi connectivity index (χ0n) is 32.8. The van der Waals surface area contributed by atoms with Gasteiger partial charge >= 0.3 is 23.9 Å². The second-order valence-electron chi connectivity index (χ2n) is 14.3. The van der Waals surface area contributed by atoms with E-state index < -0.39 is 152 Å². The zero-order chi connectivity index (χ0) is 44.3. The van der Waals surface area contributed by atoms with Crippen molar-refractivity contribution in [1.29, 1.82) is 0 Å². The molecule has 1 aliphatic heterocycles. The van der Waals surface area contributed by atoms with E-state index in [-0.39, 0.29) is 32.2 Å². The summed E-state index contributed by atoms with van der Waals surface area (Å²) in [6.45, 7) is 4.85. The number of nitrogens with one attached hydrogen (secondary N) is 7. The fraction of sp³-hybridized carbons (Fsp3) is 0.676. The molecule has 1 fully saturated rings. The van der Waals surface area contributed by atoms with Crippen LogP contribution in [0.3, 0.4) is 0 Å². The van der Waals surface area contributed by atoms with E-state index in [9.17, 15) is 68.1 Å². The number of carbonyl (C=O) groups is 11. The van der Waals surface area contributed by atoms with Crippen molar-refractivity contribution < 1.29 is 73.2 Å². The molecule has 0 saturated carbocycles. The lowest BCUT2D eigenvalue weighted by Gasteiger charge is -2.30. The van der Waals surface area contributed by atoms with Crippen LogP contribution in [0.15, 0.2) is 0 Å². The highest BCUT2D eigenvalue weighted by Crippen LogP contribution is 2.15. The molecular formula is C34H55N9O15. The minimum absolute atomic E-state index is 0.162. The highest BCUT2D eigenvalue weighted by Gasteiger charge is 2.39. The highest BCUT2D eigenvalue weighted by atomic mass is 16.4. The summed E-state index contributed by atoms with van der Waals surface area (Å²) in [5.41, 5.74) is 4.94. The molecule has 24 heteroatoms. The third-order valence-electron chi connectivity index (χ3n) is 8.40. The van der Waals surface area contributed by atoms with Crippen LogP contribution in [0.2, 0.25) is 0 Å². The molecule has 58 heavy (non-hydrogen) atoms. The number of rotatable bonds is 27. The molecule has 0 aliphatic carbocycles. The molecule has 0 aromatic heterocycles. The van der Waals surface area contributed by atoms with Crippen LogP contribution in [0.5, 0.6) is 0 Å². The van der Waals surface area contributed by atoms with Crippen molar-refractivity contribution in [2.45, 2.75) is 121 Å². The van der Waals surface area contributed by atoms with E-state index in [4.69, 9.17) is 10.8 Å². The molecule has 0 aromatic carbocycles. The van der Waals surface area contributed by atoms with Crippen molar-refractivity contribution >= 4 is 65.2 Å². The van der Waals surface area contributed by atoms with E-state index >= 15 is 0 Å². The maximum atomic E-state index is 13.8. The van der Waals surface area contributed by atoms with Gasteiger partial charge in [0.15, 0.2) is 0 Å². The van der Waals surface area contributed by atoms with Gasteiger partial charge in [-0.05, 0) is 46.6 Å². The van der Waals surface area contributed by atoms with Gasteiger partial charge < -0.3 is 63.4 Å². The number of imide groups is 1. The standard InChI is InChI=1S/C34H55N9O15/c1-5-36-17(6-11-25(46)47)29(53)41-21(33(57)58)16-37-28(52)18(7-12-26(48)49)39-31(55)20(40-30(54)19(8-13-27(50)51)42-34(2,3)4)15-38-32(56)22(14-35)43-23(44)9-10-24(43)45/h17-22,36,42H,5-16,35H2,1-4H3,(H,37,52)(H,38,56)(H,39,55)(H,40,54)(H,41,53)(H,46,47)(H,48,49)(H,50,51)(H,57,58)/t17-,18-,19-,20-,21-,22-/m0/s1. The summed E-state index contributed by atoms with van der Waals surface area (Å²) in [4.78, 5) is 138. The Kier molecular flexibility index (Phi) is 20.9. The first kappa shape index (κ1) is 50.3. The Hall–Kier alpha value is -5.75. The Morgan fingerprint density at radius 3 is 1.50 bits per heavy atom. The third kappa shape index (κ3) is 18.0. The van der Waals surface area contributed by atoms with E-state index in [1.807, 2.05) is 0 Å². The van der Waals surface area contributed by atoms with Gasteiger partial charge in [0.05, 0.1) is 12.1 Å². The van der Waals surface area contributed by atoms with E-state index in [0.29, 0.717) is 4.90 Å². The lowest BCUT2D eigenvalue weighted by molar-refractivity contribution is -0.146. The summed E-state index contributed by atoms with van der Waals surface area (Å²) in [7, 11) is 0. The summed E-state index contributed by atoms with van der Waals surface area (Å²) in [6, 6.07) is -9.08. The van der Waals surface area contributed by atoms with Crippen molar-refractivity contribution in [3.63, 3.8) is 0 Å². The molecular weight excluding hydrogens is 774 g/mol. The Bertz CT molecular complexity index is 1530. The molecule has 0 bridgehead atoms. The van der Waals surface area contributed by atoms with Gasteiger partial charge in [-0.3, -0.25) is 52.8 Å². The largest absolute Gasteiger partial charge is 0.481 e. The molecule has 0 unspecified atom stereocenters. The quantitative estimate of drug-likeness (QED) is 0.0348. The van der Waals surface area contributed by atoms with E-state index in [1.54, 1.807) is 27.7 Å². The number of nitrogens with two attached hydrogens (primary N) is 1. The number of amides is 7. The average molecular weight is 830 g/mol. The molecule has 13 N–H and O–H groups in total. The number of carboxylic acid groups (broad SMARTS) is 4. The normalized spacial score (nSPS) is 15.8. The fourth-order valence-corrected chi connectivity index (χ4v) is 5.58. The maximum Gasteiger partial charge on any atom is 0.328 e. The van der Waals surface area contributed by atoms with Crippen molar-refractivity contribution in [3.8, 4) is 0 Å². The van der Waals surface area contributed by atoms with Gasteiger partial charge in [-0.2, -0.15) is 0 Å². The molecule has 326 valence electrons. The highest BCUT2D eigenvalue weighted by molar-refractivity contribution is 6.06. The third-order valence-corrected chi connectivity index (χ3v) is 8.40. The number of likely N-dealkylation sites (N-methyl/N-ethyl adjacent to an activating group) is 1. The molecule has 0 aromatic rings. The summed E-state index contributed by atoms with van der Waals surface area (Å²) in [5, 5.41) is 54.4. The number of hydrogen-bond donors (Lipinski definition) is 12. The molecule has 6 atom stereocenters. The molecule has 7 amide bonds. The van der Waals surface area contributed by atoms with Crippen molar-refractivity contribution in [2.24, 2.45) is 5.73 Å². The van der Waals surface area contributed by atoms with Crippen LogP contribution in [0.4, 0.5) is 0 Å². The number of nitrogens with zero attached hydrogens (tertiary/aromatic N) is 1. The number of hydrogen-bond acceptors (Lipinski definition) is 14. The Balaban J connectivity index is 3.39. The van der Waals surface area contributed by atoms with Gasteiger partial charge in [0.2, 0.25) is 41.4 Å². The molecule has 1 aliphatic rings. The Morgan fingerprint density at radius 1 is 0.621 bits per heavy atom. The predicted molar refractivity (Wildman–Crippen MR) is 198 cm³/mol. The van der Waals surface area contributed by atoms with Crippen LogP contribution >= 0.6 is 0 Å². The number of carboxylic acids is 4. The van der Waals surface area contributed by atoms with E-state index in [0.717, 1.165) is 0 Å². The molecule has 24 nitrogen and oxygen atoms in total. The van der Waals surface area contributed by atoms with Crippen LogP contribution in [0.25, 0.3) is 0 Å². The van der Waals surface area contributed by atoms with Gasteiger partial charge in [0, 0.05) is 57.3 Å². The minimum atomic E-state index is -1.77. The summed E-state index contributed by atoms with van der Waals surface area (Å²) in [6.07, 6.45) is -2.95. The van der Waals surface area contributed by atoms with Crippen LogP contribution < -0.4 is 43.0 Å². The summed E-state index contributed by atoms with van der Waals surface area (Å²) < 4.78 is 0. The van der Waals surface area contributed by atoms with Crippen LogP contribution in [0.1, 0.15) is 79.1 Å². The van der Waals surface area contributed by atoms with Crippen LogP contribution in [-0.2, 0) is 52.7 Å². The van der Waals surface area contributed by atoms with Gasteiger partial charge in [-0.1, -0.05) is 6.92 Å². The molecule has 0 spiro atoms. The lowest BCUT2D eigenvalue weighted by Crippen LogP contribution is -2.62.